The zero-order valence-electron chi connectivity index (χ0n) is 21.5. The number of hydrogen-bond donors (Lipinski definition) is 2. The zero-order chi connectivity index (χ0) is 25.6. The Bertz CT molecular complexity index is 1430. The second-order valence-corrected chi connectivity index (χ2v) is 10.7. The van der Waals surface area contributed by atoms with E-state index in [0.717, 1.165) is 47.4 Å². The minimum absolute atomic E-state index is 0.108. The number of aliphatic hydroxyl groups excluding tert-OH is 1. The Balaban J connectivity index is 1.39. The Kier molecular flexibility index (Phi) is 6.13. The summed E-state index contributed by atoms with van der Waals surface area (Å²) in [5.41, 5.74) is 4.10. The molecule has 3 aromatic heterocycles. The molecule has 1 aliphatic rings. The van der Waals surface area contributed by atoms with Crippen molar-refractivity contribution in [2.75, 3.05) is 18.4 Å². The number of nitrogens with one attached hydrogen (secondary N) is 1. The number of anilines is 2. The predicted molar refractivity (Wildman–Crippen MR) is 140 cm³/mol. The third-order valence-electron chi connectivity index (χ3n) is 6.69. The van der Waals surface area contributed by atoms with Crippen molar-refractivity contribution in [2.24, 2.45) is 12.5 Å². The summed E-state index contributed by atoms with van der Waals surface area (Å²) in [4.78, 5) is 24.3. The molecule has 1 fully saturated rings. The molecule has 1 atom stereocenters. The number of aromatic nitrogens is 5. The van der Waals surface area contributed by atoms with E-state index in [1.54, 1.807) is 10.9 Å². The normalized spacial score (nSPS) is 16.7. The molecule has 0 amide bonds. The molecule has 4 aromatic rings. The minimum Gasteiger partial charge on any atom is -0.392 e. The Morgan fingerprint density at radius 2 is 2.03 bits per heavy atom. The Hall–Kier alpha value is -3.56. The molecule has 5 rings (SSSR count). The fourth-order valence-electron chi connectivity index (χ4n) is 4.69. The number of likely N-dealkylation sites (tertiary alicyclic amines) is 1. The molecule has 1 aliphatic heterocycles. The average molecular weight is 488 g/mol. The van der Waals surface area contributed by atoms with E-state index in [-0.39, 0.29) is 11.9 Å². The van der Waals surface area contributed by atoms with Gasteiger partial charge in [-0.2, -0.15) is 10.1 Å². The molecule has 9 heteroatoms. The number of ketones is 1. The van der Waals surface area contributed by atoms with Crippen LogP contribution in [-0.2, 0) is 13.6 Å². The van der Waals surface area contributed by atoms with Crippen molar-refractivity contribution < 1.29 is 9.90 Å². The number of carbonyl (C=O) groups is 1. The highest BCUT2D eigenvalue weighted by molar-refractivity contribution is 6.11. The monoisotopic (exact) mass is 487 g/mol. The molecule has 1 unspecified atom stereocenters. The van der Waals surface area contributed by atoms with Crippen LogP contribution in [0.3, 0.4) is 0 Å². The molecule has 0 spiro atoms. The first-order valence-electron chi connectivity index (χ1n) is 12.3. The van der Waals surface area contributed by atoms with Gasteiger partial charge in [0.05, 0.1) is 11.8 Å². The first-order chi connectivity index (χ1) is 17.1. The maximum atomic E-state index is 13.0. The van der Waals surface area contributed by atoms with Crippen molar-refractivity contribution in [3.05, 3.63) is 59.7 Å². The lowest BCUT2D eigenvalue weighted by Crippen LogP contribution is -2.21. The molecule has 36 heavy (non-hydrogen) atoms. The van der Waals surface area contributed by atoms with Gasteiger partial charge in [-0.1, -0.05) is 20.8 Å². The molecule has 9 nitrogen and oxygen atoms in total. The maximum Gasteiger partial charge on any atom is 0.229 e. The summed E-state index contributed by atoms with van der Waals surface area (Å²) in [7, 11) is 1.95. The first kappa shape index (κ1) is 24.1. The number of nitrogens with zero attached hydrogens (tertiary/aromatic N) is 6. The molecule has 0 saturated carbocycles. The number of fused-ring (bicyclic) bond motifs is 1. The van der Waals surface area contributed by atoms with Crippen LogP contribution in [0.5, 0.6) is 0 Å². The number of carbonyl (C=O) groups excluding carboxylic acids is 1. The molecule has 4 heterocycles. The lowest BCUT2D eigenvalue weighted by atomic mass is 9.86. The van der Waals surface area contributed by atoms with Crippen molar-refractivity contribution in [1.29, 1.82) is 0 Å². The van der Waals surface area contributed by atoms with E-state index in [1.165, 1.54) is 0 Å². The SMILES string of the molecule is Cc1nn(-c2ccnc(Nc3ccc4c(c3)c(C(=O)C(C)(C)C)cn4C)n2)cc1CN1CCC(O)C1. The smallest absolute Gasteiger partial charge is 0.229 e. The van der Waals surface area contributed by atoms with E-state index in [9.17, 15) is 9.90 Å². The van der Waals surface area contributed by atoms with Gasteiger partial charge in [0.15, 0.2) is 11.6 Å². The summed E-state index contributed by atoms with van der Waals surface area (Å²) in [6.07, 6.45) is 6.17. The molecule has 0 radical (unpaired) electrons. The largest absolute Gasteiger partial charge is 0.392 e. The van der Waals surface area contributed by atoms with Crippen molar-refractivity contribution in [3.8, 4) is 5.82 Å². The highest BCUT2D eigenvalue weighted by Gasteiger charge is 2.26. The molecule has 1 saturated heterocycles. The van der Waals surface area contributed by atoms with Crippen LogP contribution in [-0.4, -0.2) is 59.3 Å². The summed E-state index contributed by atoms with van der Waals surface area (Å²) >= 11 is 0. The third-order valence-corrected chi connectivity index (χ3v) is 6.69. The second kappa shape index (κ2) is 9.15. The number of Topliss-reactive ketones (excluding diaryl/α,β-unsaturated/α-hetero) is 1. The van der Waals surface area contributed by atoms with Gasteiger partial charge in [-0.05, 0) is 31.5 Å². The van der Waals surface area contributed by atoms with Crippen LogP contribution < -0.4 is 5.32 Å². The minimum atomic E-state index is -0.468. The molecule has 188 valence electrons. The van der Waals surface area contributed by atoms with Crippen LogP contribution in [0.1, 0.15) is 48.8 Å². The van der Waals surface area contributed by atoms with Crippen LogP contribution in [0.4, 0.5) is 11.6 Å². The number of β-amino-alcohol motifs (C(OH)–C–C–N with tert-alkyl or cyclic N) is 1. The number of hydrogen-bond acceptors (Lipinski definition) is 7. The van der Waals surface area contributed by atoms with Crippen LogP contribution >= 0.6 is 0 Å². The van der Waals surface area contributed by atoms with Crippen molar-refractivity contribution in [1.82, 2.24) is 29.2 Å². The van der Waals surface area contributed by atoms with E-state index in [0.29, 0.717) is 23.9 Å². The second-order valence-electron chi connectivity index (χ2n) is 10.7. The van der Waals surface area contributed by atoms with Gasteiger partial charge in [-0.25, -0.2) is 9.67 Å². The van der Waals surface area contributed by atoms with Gasteiger partial charge in [-0.15, -0.1) is 0 Å². The van der Waals surface area contributed by atoms with Gasteiger partial charge in [0.25, 0.3) is 0 Å². The van der Waals surface area contributed by atoms with E-state index in [2.05, 4.69) is 25.3 Å². The molecular formula is C27H33N7O2. The molecule has 0 aliphatic carbocycles. The van der Waals surface area contributed by atoms with Crippen LogP contribution in [0.15, 0.2) is 42.9 Å². The summed E-state index contributed by atoms with van der Waals surface area (Å²) in [6.45, 7) is 10.1. The number of aryl methyl sites for hydroxylation is 2. The van der Waals surface area contributed by atoms with Crippen LogP contribution in [0.25, 0.3) is 16.7 Å². The van der Waals surface area contributed by atoms with E-state index >= 15 is 0 Å². The average Bonchev–Trinajstić information content (AvgIpc) is 3.50. The van der Waals surface area contributed by atoms with Gasteiger partial charge in [0.1, 0.15) is 0 Å². The summed E-state index contributed by atoms with van der Waals surface area (Å²) < 4.78 is 3.75. The topological polar surface area (TPSA) is 101 Å². The number of rotatable bonds is 6. The molecular weight excluding hydrogens is 454 g/mol. The van der Waals surface area contributed by atoms with E-state index < -0.39 is 5.41 Å². The molecule has 0 bridgehead atoms. The van der Waals surface area contributed by atoms with Crippen LogP contribution in [0.2, 0.25) is 0 Å². The zero-order valence-corrected chi connectivity index (χ0v) is 21.5. The molecule has 2 N–H and O–H groups in total. The first-order valence-corrected chi connectivity index (χ1v) is 12.3. The van der Waals surface area contributed by atoms with Gasteiger partial charge >= 0.3 is 0 Å². The summed E-state index contributed by atoms with van der Waals surface area (Å²) in [5.74, 6) is 1.22. The third kappa shape index (κ3) is 4.76. The van der Waals surface area contributed by atoms with Crippen molar-refractivity contribution in [3.63, 3.8) is 0 Å². The molecule has 1 aromatic carbocycles. The standard InChI is InChI=1S/C27H33N7O2/c1-17-18(13-33-11-9-20(35)15-33)14-34(31-17)24-8-10-28-26(30-24)29-19-6-7-23-21(12-19)22(16-32(23)5)25(36)27(2,3)4/h6-8,10,12,14,16,20,35H,9,11,13,15H2,1-5H3,(H,28,29,30). The van der Waals surface area contributed by atoms with Crippen LogP contribution in [0, 0.1) is 12.3 Å². The lowest BCUT2D eigenvalue weighted by molar-refractivity contribution is 0.0860. The maximum absolute atomic E-state index is 13.0. The van der Waals surface area contributed by atoms with Crippen molar-refractivity contribution in [2.45, 2.75) is 46.8 Å². The fraction of sp³-hybridized carbons (Fsp3) is 0.407. The highest BCUT2D eigenvalue weighted by Crippen LogP contribution is 2.30. The van der Waals surface area contributed by atoms with Gasteiger partial charge in [0, 0.05) is 84.5 Å². The predicted octanol–water partition coefficient (Wildman–Crippen LogP) is 4.00. The number of aliphatic hydroxyl groups is 1. The van der Waals surface area contributed by atoms with E-state index in [1.807, 2.05) is 76.0 Å². The summed E-state index contributed by atoms with van der Waals surface area (Å²) in [6, 6.07) is 7.76. The quantitative estimate of drug-likeness (QED) is 0.397. The van der Waals surface area contributed by atoms with E-state index in [4.69, 9.17) is 0 Å². The lowest BCUT2D eigenvalue weighted by Gasteiger charge is -2.16. The van der Waals surface area contributed by atoms with Gasteiger partial charge in [0.2, 0.25) is 5.95 Å². The fourth-order valence-corrected chi connectivity index (χ4v) is 4.69. The summed E-state index contributed by atoms with van der Waals surface area (Å²) in [5, 5.41) is 18.7. The number of benzene rings is 1. The Morgan fingerprint density at radius 3 is 2.75 bits per heavy atom. The highest BCUT2D eigenvalue weighted by atomic mass is 16.3. The Labute approximate surface area is 210 Å². The van der Waals surface area contributed by atoms with Crippen molar-refractivity contribution >= 4 is 28.3 Å². The van der Waals surface area contributed by atoms with Gasteiger partial charge in [-0.3, -0.25) is 9.69 Å². The Morgan fingerprint density at radius 1 is 1.22 bits per heavy atom. The van der Waals surface area contributed by atoms with Gasteiger partial charge < -0.3 is 15.0 Å².